The number of aromatic nitrogens is 1. The summed E-state index contributed by atoms with van der Waals surface area (Å²) >= 11 is 0. The lowest BCUT2D eigenvalue weighted by molar-refractivity contribution is -0.124. The first kappa shape index (κ1) is 19.8. The van der Waals surface area contributed by atoms with E-state index in [1.807, 2.05) is 30.5 Å². The van der Waals surface area contributed by atoms with E-state index in [1.165, 1.54) is 17.0 Å². The van der Waals surface area contributed by atoms with Crippen molar-refractivity contribution in [2.75, 3.05) is 19.7 Å². The van der Waals surface area contributed by atoms with Crippen molar-refractivity contribution < 1.29 is 15.1 Å². The maximum absolute atomic E-state index is 11.0. The third-order valence-electron chi connectivity index (χ3n) is 4.68. The quantitative estimate of drug-likeness (QED) is 0.261. The minimum absolute atomic E-state index is 0.118. The zero-order valence-electron chi connectivity index (χ0n) is 15.6. The van der Waals surface area contributed by atoms with Crippen LogP contribution in [0.25, 0.3) is 17.0 Å². The summed E-state index contributed by atoms with van der Waals surface area (Å²) in [6.07, 6.45) is 5.76. The van der Waals surface area contributed by atoms with Crippen LogP contribution in [-0.4, -0.2) is 45.8 Å². The maximum atomic E-state index is 11.0. The van der Waals surface area contributed by atoms with Crippen molar-refractivity contribution in [1.82, 2.24) is 15.4 Å². The molecule has 0 saturated heterocycles. The number of rotatable bonds is 9. The van der Waals surface area contributed by atoms with Gasteiger partial charge >= 0.3 is 0 Å². The standard InChI is InChI=1S/C22H25N3O3/c26-14-13-25(12-10-18-5-7-20-9-11-23-21(20)15-18)16-19-3-1-17(2-4-19)6-8-22(27)24-28/h1-9,11,15,23,26,28H,10,12-14,16H2,(H,24,27)/b8-6+. The Hall–Kier alpha value is -2.93. The van der Waals surface area contributed by atoms with Gasteiger partial charge in [0, 0.05) is 37.4 Å². The molecule has 0 aliphatic rings. The van der Waals surface area contributed by atoms with Crippen LogP contribution in [-0.2, 0) is 17.8 Å². The number of carbonyl (C=O) groups is 1. The fraction of sp³-hybridized carbons (Fsp3) is 0.227. The molecule has 1 aromatic heterocycles. The zero-order chi connectivity index (χ0) is 19.8. The second kappa shape index (κ2) is 9.85. The van der Waals surface area contributed by atoms with E-state index >= 15 is 0 Å². The molecule has 6 heteroatoms. The molecule has 3 rings (SSSR count). The van der Waals surface area contributed by atoms with E-state index in [1.54, 1.807) is 11.6 Å². The van der Waals surface area contributed by atoms with Gasteiger partial charge in [-0.2, -0.15) is 0 Å². The lowest BCUT2D eigenvalue weighted by atomic mass is 10.1. The van der Waals surface area contributed by atoms with E-state index in [0.29, 0.717) is 6.54 Å². The number of hydrogen-bond acceptors (Lipinski definition) is 4. The van der Waals surface area contributed by atoms with Crippen molar-refractivity contribution in [2.45, 2.75) is 13.0 Å². The Morgan fingerprint density at radius 3 is 2.61 bits per heavy atom. The molecule has 0 spiro atoms. The molecule has 0 bridgehead atoms. The summed E-state index contributed by atoms with van der Waals surface area (Å²) in [6.45, 7) is 2.33. The number of fused-ring (bicyclic) bond motifs is 1. The van der Waals surface area contributed by atoms with Crippen LogP contribution in [0.1, 0.15) is 16.7 Å². The Morgan fingerprint density at radius 2 is 1.86 bits per heavy atom. The third-order valence-corrected chi connectivity index (χ3v) is 4.68. The lowest BCUT2D eigenvalue weighted by Crippen LogP contribution is -2.28. The molecule has 6 nitrogen and oxygen atoms in total. The number of aromatic amines is 1. The molecule has 2 aromatic carbocycles. The van der Waals surface area contributed by atoms with Gasteiger partial charge in [0.2, 0.25) is 0 Å². The molecule has 1 amide bonds. The average molecular weight is 379 g/mol. The number of amides is 1. The number of hydrogen-bond donors (Lipinski definition) is 4. The number of aliphatic hydroxyl groups excluding tert-OH is 1. The van der Waals surface area contributed by atoms with E-state index < -0.39 is 5.91 Å². The van der Waals surface area contributed by atoms with Crippen LogP contribution in [0, 0.1) is 0 Å². The van der Waals surface area contributed by atoms with Crippen molar-refractivity contribution in [3.05, 3.63) is 77.5 Å². The molecule has 0 radical (unpaired) electrons. The van der Waals surface area contributed by atoms with Crippen molar-refractivity contribution in [3.63, 3.8) is 0 Å². The van der Waals surface area contributed by atoms with Crippen molar-refractivity contribution in [3.8, 4) is 0 Å². The normalized spacial score (nSPS) is 11.5. The fourth-order valence-corrected chi connectivity index (χ4v) is 3.15. The molecule has 0 aliphatic heterocycles. The van der Waals surface area contributed by atoms with Crippen LogP contribution in [0.15, 0.2) is 60.8 Å². The SMILES string of the molecule is O=C(/C=C/c1ccc(CN(CCO)CCc2ccc3cc[nH]c3c2)cc1)NO. The molecule has 0 saturated carbocycles. The summed E-state index contributed by atoms with van der Waals surface area (Å²) < 4.78 is 0. The van der Waals surface area contributed by atoms with Gasteiger partial charge in [0.1, 0.15) is 0 Å². The number of benzene rings is 2. The Balaban J connectivity index is 1.59. The number of aliphatic hydroxyl groups is 1. The minimum atomic E-state index is -0.560. The van der Waals surface area contributed by atoms with Crippen LogP contribution in [0.4, 0.5) is 0 Å². The highest BCUT2D eigenvalue weighted by molar-refractivity contribution is 5.90. The molecule has 146 valence electrons. The summed E-state index contributed by atoms with van der Waals surface area (Å²) in [6, 6.07) is 16.4. The van der Waals surface area contributed by atoms with Gasteiger partial charge in [0.05, 0.1) is 6.61 Å². The smallest absolute Gasteiger partial charge is 0.267 e. The first-order valence-electron chi connectivity index (χ1n) is 9.28. The van der Waals surface area contributed by atoms with Gasteiger partial charge in [-0.25, -0.2) is 5.48 Å². The molecule has 4 N–H and O–H groups in total. The Labute approximate surface area is 164 Å². The summed E-state index contributed by atoms with van der Waals surface area (Å²) in [7, 11) is 0. The molecule has 0 fully saturated rings. The van der Waals surface area contributed by atoms with E-state index in [4.69, 9.17) is 5.21 Å². The molecule has 3 aromatic rings. The van der Waals surface area contributed by atoms with Gasteiger partial charge in [-0.1, -0.05) is 36.4 Å². The minimum Gasteiger partial charge on any atom is -0.395 e. The largest absolute Gasteiger partial charge is 0.395 e. The van der Waals surface area contributed by atoms with E-state index in [0.717, 1.165) is 36.2 Å². The van der Waals surface area contributed by atoms with E-state index in [9.17, 15) is 9.90 Å². The monoisotopic (exact) mass is 379 g/mol. The second-order valence-electron chi connectivity index (χ2n) is 6.70. The second-order valence-corrected chi connectivity index (χ2v) is 6.70. The van der Waals surface area contributed by atoms with Crippen LogP contribution in [0.5, 0.6) is 0 Å². The number of H-pyrrole nitrogens is 1. The van der Waals surface area contributed by atoms with Crippen LogP contribution in [0.2, 0.25) is 0 Å². The highest BCUT2D eigenvalue weighted by Gasteiger charge is 2.07. The predicted molar refractivity (Wildman–Crippen MR) is 110 cm³/mol. The fourth-order valence-electron chi connectivity index (χ4n) is 3.15. The maximum Gasteiger partial charge on any atom is 0.267 e. The van der Waals surface area contributed by atoms with Gasteiger partial charge in [0.25, 0.3) is 5.91 Å². The molecule has 0 unspecified atom stereocenters. The molecular weight excluding hydrogens is 354 g/mol. The summed E-state index contributed by atoms with van der Waals surface area (Å²) in [4.78, 5) is 16.5. The number of nitrogens with one attached hydrogen (secondary N) is 2. The summed E-state index contributed by atoms with van der Waals surface area (Å²) in [5, 5.41) is 19.1. The topological polar surface area (TPSA) is 88.6 Å². The average Bonchev–Trinajstić information content (AvgIpc) is 3.19. The Morgan fingerprint density at radius 1 is 1.07 bits per heavy atom. The van der Waals surface area contributed by atoms with Crippen LogP contribution < -0.4 is 5.48 Å². The molecule has 1 heterocycles. The highest BCUT2D eigenvalue weighted by Crippen LogP contribution is 2.15. The van der Waals surface area contributed by atoms with Gasteiger partial charge in [-0.3, -0.25) is 14.9 Å². The predicted octanol–water partition coefficient (Wildman–Crippen LogP) is 2.72. The Bertz CT molecular complexity index is 932. The first-order valence-corrected chi connectivity index (χ1v) is 9.28. The van der Waals surface area contributed by atoms with Gasteiger partial charge < -0.3 is 10.1 Å². The first-order chi connectivity index (χ1) is 13.7. The molecule has 28 heavy (non-hydrogen) atoms. The van der Waals surface area contributed by atoms with Gasteiger partial charge in [-0.15, -0.1) is 0 Å². The molecule has 0 aliphatic carbocycles. The summed E-state index contributed by atoms with van der Waals surface area (Å²) in [5.41, 5.74) is 5.98. The molecule has 0 atom stereocenters. The number of nitrogens with zero attached hydrogens (tertiary/aromatic N) is 1. The van der Waals surface area contributed by atoms with Crippen molar-refractivity contribution in [2.24, 2.45) is 0 Å². The van der Waals surface area contributed by atoms with Crippen LogP contribution in [0.3, 0.4) is 0 Å². The van der Waals surface area contributed by atoms with Crippen molar-refractivity contribution >= 4 is 22.9 Å². The molecular formula is C22H25N3O3. The lowest BCUT2D eigenvalue weighted by Gasteiger charge is -2.21. The van der Waals surface area contributed by atoms with Gasteiger partial charge in [0.15, 0.2) is 0 Å². The van der Waals surface area contributed by atoms with Gasteiger partial charge in [-0.05, 0) is 46.7 Å². The number of hydroxylamine groups is 1. The summed E-state index contributed by atoms with van der Waals surface area (Å²) in [5.74, 6) is -0.560. The Kier molecular flexibility index (Phi) is 6.97. The third kappa shape index (κ3) is 5.53. The van der Waals surface area contributed by atoms with Crippen LogP contribution >= 0.6 is 0 Å². The highest BCUT2D eigenvalue weighted by atomic mass is 16.5. The zero-order valence-corrected chi connectivity index (χ0v) is 15.6. The van der Waals surface area contributed by atoms with E-state index in [2.05, 4.69) is 34.1 Å². The van der Waals surface area contributed by atoms with E-state index in [-0.39, 0.29) is 6.61 Å². The van der Waals surface area contributed by atoms with Crippen molar-refractivity contribution in [1.29, 1.82) is 0 Å². The number of carbonyl (C=O) groups excluding carboxylic acids is 1.